The lowest BCUT2D eigenvalue weighted by molar-refractivity contribution is 0.0221. The van der Waals surface area contributed by atoms with E-state index in [2.05, 4.69) is 13.8 Å². The van der Waals surface area contributed by atoms with Crippen molar-refractivity contribution in [3.05, 3.63) is 0 Å². The number of ether oxygens (including phenoxy) is 3. The quantitative estimate of drug-likeness (QED) is 0.418. The Hall–Kier alpha value is 0.170. The van der Waals surface area contributed by atoms with E-state index in [0.29, 0.717) is 32.3 Å². The molecule has 0 spiro atoms. The summed E-state index contributed by atoms with van der Waals surface area (Å²) in [4.78, 5) is 0. The molecule has 0 aromatic heterocycles. The third kappa shape index (κ3) is 9.40. The summed E-state index contributed by atoms with van der Waals surface area (Å²) in [5, 5.41) is 0.265. The van der Waals surface area contributed by atoms with E-state index in [0.717, 1.165) is 19.4 Å². The number of rotatable bonds is 11. The van der Waals surface area contributed by atoms with Crippen molar-refractivity contribution >= 4 is 11.6 Å². The molecule has 0 aliphatic rings. The lowest BCUT2D eigenvalue weighted by atomic mass is 10.0. The van der Waals surface area contributed by atoms with Crippen LogP contribution in [0, 0.1) is 5.92 Å². The Bertz CT molecular complexity index is 144. The summed E-state index contributed by atoms with van der Waals surface area (Å²) in [6, 6.07) is 0. The standard InChI is InChI=1S/C12H25ClO3/c1-4-12(13)11(2)5-6-15-9-10-16-8-7-14-3/h11-12H,4-10H2,1-3H3. The normalized spacial score (nSPS) is 15.0. The Morgan fingerprint density at radius 2 is 1.56 bits per heavy atom. The van der Waals surface area contributed by atoms with Crippen molar-refractivity contribution in [2.45, 2.75) is 32.1 Å². The average molecular weight is 253 g/mol. The predicted molar refractivity (Wildman–Crippen MR) is 67.2 cm³/mol. The Kier molecular flexibility index (Phi) is 11.8. The zero-order chi connectivity index (χ0) is 12.2. The first kappa shape index (κ1) is 16.2. The van der Waals surface area contributed by atoms with Crippen LogP contribution in [-0.2, 0) is 14.2 Å². The van der Waals surface area contributed by atoms with Gasteiger partial charge in [-0.25, -0.2) is 0 Å². The number of halogens is 1. The Labute approximate surface area is 104 Å². The molecular formula is C12H25ClO3. The van der Waals surface area contributed by atoms with Gasteiger partial charge in [0.1, 0.15) is 0 Å². The molecular weight excluding hydrogens is 228 g/mol. The Morgan fingerprint density at radius 1 is 1.00 bits per heavy atom. The summed E-state index contributed by atoms with van der Waals surface area (Å²) in [5.74, 6) is 0.515. The zero-order valence-corrected chi connectivity index (χ0v) is 11.5. The molecule has 0 aliphatic heterocycles. The molecule has 16 heavy (non-hydrogen) atoms. The van der Waals surface area contributed by atoms with Gasteiger partial charge in [0.25, 0.3) is 0 Å². The highest BCUT2D eigenvalue weighted by molar-refractivity contribution is 6.20. The third-order valence-electron chi connectivity index (χ3n) is 2.53. The number of alkyl halides is 1. The van der Waals surface area contributed by atoms with Crippen molar-refractivity contribution in [3.63, 3.8) is 0 Å². The molecule has 0 aromatic carbocycles. The molecule has 98 valence electrons. The summed E-state index contributed by atoms with van der Waals surface area (Å²) in [5.41, 5.74) is 0. The zero-order valence-electron chi connectivity index (χ0n) is 10.7. The number of hydrogen-bond donors (Lipinski definition) is 0. The second kappa shape index (κ2) is 11.6. The lowest BCUT2D eigenvalue weighted by Gasteiger charge is -2.16. The molecule has 0 rings (SSSR count). The van der Waals surface area contributed by atoms with Crippen LogP contribution in [0.3, 0.4) is 0 Å². The van der Waals surface area contributed by atoms with Crippen molar-refractivity contribution in [2.75, 3.05) is 40.1 Å². The van der Waals surface area contributed by atoms with Crippen LogP contribution in [0.1, 0.15) is 26.7 Å². The van der Waals surface area contributed by atoms with Crippen LogP contribution >= 0.6 is 11.6 Å². The van der Waals surface area contributed by atoms with Gasteiger partial charge >= 0.3 is 0 Å². The SMILES string of the molecule is CCC(Cl)C(C)CCOCCOCCOC. The van der Waals surface area contributed by atoms with Gasteiger partial charge in [-0.3, -0.25) is 0 Å². The molecule has 0 N–H and O–H groups in total. The maximum atomic E-state index is 6.12. The van der Waals surface area contributed by atoms with Gasteiger partial charge in [0, 0.05) is 19.1 Å². The van der Waals surface area contributed by atoms with Gasteiger partial charge in [-0.2, -0.15) is 0 Å². The average Bonchev–Trinajstić information content (AvgIpc) is 2.31. The second-order valence-corrected chi connectivity index (χ2v) is 4.47. The van der Waals surface area contributed by atoms with Crippen LogP contribution < -0.4 is 0 Å². The fourth-order valence-electron chi connectivity index (χ4n) is 1.32. The summed E-state index contributed by atoms with van der Waals surface area (Å²) in [6.07, 6.45) is 2.03. The van der Waals surface area contributed by atoms with Gasteiger partial charge in [-0.15, -0.1) is 11.6 Å². The van der Waals surface area contributed by atoms with E-state index >= 15 is 0 Å². The molecule has 0 heterocycles. The van der Waals surface area contributed by atoms with Crippen LogP contribution in [0.5, 0.6) is 0 Å². The van der Waals surface area contributed by atoms with Gasteiger partial charge in [-0.05, 0) is 18.8 Å². The minimum Gasteiger partial charge on any atom is -0.382 e. The molecule has 0 saturated heterocycles. The van der Waals surface area contributed by atoms with Gasteiger partial charge in [0.15, 0.2) is 0 Å². The molecule has 2 unspecified atom stereocenters. The highest BCUT2D eigenvalue weighted by Gasteiger charge is 2.11. The van der Waals surface area contributed by atoms with Crippen molar-refractivity contribution in [3.8, 4) is 0 Å². The summed E-state index contributed by atoms with van der Waals surface area (Å²) in [6.45, 7) is 7.60. The summed E-state index contributed by atoms with van der Waals surface area (Å²) >= 11 is 6.12. The maximum absolute atomic E-state index is 6.12. The van der Waals surface area contributed by atoms with Crippen molar-refractivity contribution in [1.82, 2.24) is 0 Å². The molecule has 0 amide bonds. The summed E-state index contributed by atoms with van der Waals surface area (Å²) in [7, 11) is 1.66. The number of hydrogen-bond acceptors (Lipinski definition) is 3. The van der Waals surface area contributed by atoms with Crippen molar-refractivity contribution in [2.24, 2.45) is 5.92 Å². The summed E-state index contributed by atoms with van der Waals surface area (Å²) < 4.78 is 15.6. The van der Waals surface area contributed by atoms with Crippen LogP contribution in [0.2, 0.25) is 0 Å². The highest BCUT2D eigenvalue weighted by Crippen LogP contribution is 2.17. The van der Waals surface area contributed by atoms with Crippen LogP contribution in [0.25, 0.3) is 0 Å². The molecule has 0 radical (unpaired) electrons. The van der Waals surface area contributed by atoms with Gasteiger partial charge in [0.2, 0.25) is 0 Å². The molecule has 3 nitrogen and oxygen atoms in total. The van der Waals surface area contributed by atoms with Crippen LogP contribution in [0.15, 0.2) is 0 Å². The molecule has 0 fully saturated rings. The van der Waals surface area contributed by atoms with E-state index in [-0.39, 0.29) is 5.38 Å². The van der Waals surface area contributed by atoms with E-state index < -0.39 is 0 Å². The highest BCUT2D eigenvalue weighted by atomic mass is 35.5. The molecule has 0 saturated carbocycles. The minimum absolute atomic E-state index is 0.265. The predicted octanol–water partition coefficient (Wildman–Crippen LogP) is 2.71. The van der Waals surface area contributed by atoms with Crippen LogP contribution in [0.4, 0.5) is 0 Å². The Morgan fingerprint density at radius 3 is 2.12 bits per heavy atom. The van der Waals surface area contributed by atoms with Gasteiger partial charge in [-0.1, -0.05) is 13.8 Å². The third-order valence-corrected chi connectivity index (χ3v) is 3.27. The van der Waals surface area contributed by atoms with E-state index in [4.69, 9.17) is 25.8 Å². The van der Waals surface area contributed by atoms with E-state index in [1.54, 1.807) is 7.11 Å². The first-order chi connectivity index (χ1) is 7.72. The molecule has 4 heteroatoms. The fourth-order valence-corrected chi connectivity index (χ4v) is 1.44. The van der Waals surface area contributed by atoms with Crippen molar-refractivity contribution < 1.29 is 14.2 Å². The van der Waals surface area contributed by atoms with E-state index in [1.807, 2.05) is 0 Å². The molecule has 0 aromatic rings. The lowest BCUT2D eigenvalue weighted by Crippen LogP contribution is -2.14. The Balaban J connectivity index is 3.14. The smallest absolute Gasteiger partial charge is 0.0701 e. The molecule has 2 atom stereocenters. The first-order valence-corrected chi connectivity index (χ1v) is 6.44. The monoisotopic (exact) mass is 252 g/mol. The minimum atomic E-state index is 0.265. The van der Waals surface area contributed by atoms with E-state index in [1.165, 1.54) is 0 Å². The first-order valence-electron chi connectivity index (χ1n) is 6.00. The topological polar surface area (TPSA) is 27.7 Å². The van der Waals surface area contributed by atoms with Crippen molar-refractivity contribution in [1.29, 1.82) is 0 Å². The van der Waals surface area contributed by atoms with Crippen LogP contribution in [-0.4, -0.2) is 45.5 Å². The van der Waals surface area contributed by atoms with Gasteiger partial charge in [0.05, 0.1) is 26.4 Å². The van der Waals surface area contributed by atoms with E-state index in [9.17, 15) is 0 Å². The maximum Gasteiger partial charge on any atom is 0.0701 e. The molecule has 0 aliphatic carbocycles. The molecule has 0 bridgehead atoms. The largest absolute Gasteiger partial charge is 0.382 e. The number of methoxy groups -OCH3 is 1. The van der Waals surface area contributed by atoms with Gasteiger partial charge < -0.3 is 14.2 Å². The fraction of sp³-hybridized carbons (Fsp3) is 1.00. The second-order valence-electron chi connectivity index (χ2n) is 3.91.